The van der Waals surface area contributed by atoms with Gasteiger partial charge in [0, 0.05) is 87.1 Å². The van der Waals surface area contributed by atoms with Crippen LogP contribution in [0.1, 0.15) is 38.7 Å². The molecule has 2 aromatic carbocycles. The molecule has 12 nitrogen and oxygen atoms in total. The fourth-order valence-corrected chi connectivity index (χ4v) is 7.17. The third kappa shape index (κ3) is 7.03. The average Bonchev–Trinajstić information content (AvgIpc) is 3.87. The van der Waals surface area contributed by atoms with Crippen LogP contribution < -0.4 is 9.64 Å². The van der Waals surface area contributed by atoms with Gasteiger partial charge in [-0.2, -0.15) is 10.2 Å². The Morgan fingerprint density at radius 2 is 1.78 bits per heavy atom. The van der Waals surface area contributed by atoms with Gasteiger partial charge in [-0.1, -0.05) is 6.07 Å². The standard InChI is InChI=1S/C38H44N8O4/c1-25(2)50-35-12-8-29(21-39-35)36-31-19-26(5-11-32(31)41-42-36)20-34(48)38(49-4)15-18-45(23-38)22-33(47)27-13-16-46(17-14-27)30-9-6-28(7-10-30)37-40-24-44(3)43-37/h5-12,19,21,24-25,27H,13-18,20,22-23H2,1-4H3,(H,41,42)/t38-/m0/s1. The molecule has 1 N–H and O–H groups in total. The lowest BCUT2D eigenvalue weighted by Gasteiger charge is -2.33. The number of piperidine rings is 1. The van der Waals surface area contributed by atoms with Crippen LogP contribution in [0.25, 0.3) is 33.5 Å². The second-order valence-corrected chi connectivity index (χ2v) is 13.8. The van der Waals surface area contributed by atoms with Gasteiger partial charge >= 0.3 is 0 Å². The maximum absolute atomic E-state index is 13.8. The van der Waals surface area contributed by atoms with Crippen molar-refractivity contribution in [2.24, 2.45) is 13.0 Å². The van der Waals surface area contributed by atoms with Gasteiger partial charge in [-0.05, 0) is 81.1 Å². The number of nitrogens with zero attached hydrogens (tertiary/aromatic N) is 7. The van der Waals surface area contributed by atoms with E-state index in [1.54, 1.807) is 24.3 Å². The average molecular weight is 677 g/mol. The number of likely N-dealkylation sites (tertiary alicyclic amines) is 1. The highest BCUT2D eigenvalue weighted by molar-refractivity contribution is 5.95. The number of benzene rings is 2. The second-order valence-electron chi connectivity index (χ2n) is 13.8. The number of hydrogen-bond donors (Lipinski definition) is 1. The molecular formula is C38H44N8O4. The van der Waals surface area contributed by atoms with Crippen LogP contribution >= 0.6 is 0 Å². The number of nitrogens with one attached hydrogen (secondary N) is 1. The monoisotopic (exact) mass is 676 g/mol. The predicted octanol–water partition coefficient (Wildman–Crippen LogP) is 4.90. The summed E-state index contributed by atoms with van der Waals surface area (Å²) < 4.78 is 13.3. The topological polar surface area (TPSA) is 131 Å². The van der Waals surface area contributed by atoms with Crippen molar-refractivity contribution < 1.29 is 19.1 Å². The number of fused-ring (bicyclic) bond motifs is 1. The van der Waals surface area contributed by atoms with E-state index in [-0.39, 0.29) is 30.0 Å². The Bertz CT molecular complexity index is 1960. The zero-order chi connectivity index (χ0) is 34.8. The van der Waals surface area contributed by atoms with Gasteiger partial charge in [0.2, 0.25) is 5.88 Å². The van der Waals surface area contributed by atoms with Crippen molar-refractivity contribution in [3.8, 4) is 28.5 Å². The van der Waals surface area contributed by atoms with Crippen LogP contribution in [-0.2, 0) is 27.8 Å². The van der Waals surface area contributed by atoms with E-state index in [0.29, 0.717) is 37.8 Å². The number of aryl methyl sites for hydroxylation is 1. The number of Topliss-reactive ketones (excluding diaryl/α,β-unsaturated/α-hetero) is 2. The maximum atomic E-state index is 13.8. The van der Waals surface area contributed by atoms with E-state index in [9.17, 15) is 9.59 Å². The lowest BCUT2D eigenvalue weighted by molar-refractivity contribution is -0.139. The summed E-state index contributed by atoms with van der Waals surface area (Å²) in [6.45, 7) is 6.99. The van der Waals surface area contributed by atoms with Crippen LogP contribution in [0, 0.1) is 5.92 Å². The number of hydrogen-bond acceptors (Lipinski definition) is 10. The van der Waals surface area contributed by atoms with Gasteiger partial charge in [-0.25, -0.2) is 9.97 Å². The summed E-state index contributed by atoms with van der Waals surface area (Å²) in [6.07, 6.45) is 5.91. The van der Waals surface area contributed by atoms with E-state index in [1.807, 2.05) is 63.4 Å². The highest BCUT2D eigenvalue weighted by Gasteiger charge is 2.45. The number of anilines is 1. The van der Waals surface area contributed by atoms with Gasteiger partial charge in [0.25, 0.3) is 0 Å². The Balaban J connectivity index is 0.936. The summed E-state index contributed by atoms with van der Waals surface area (Å²) in [5.41, 5.74) is 4.59. The van der Waals surface area contributed by atoms with Crippen LogP contribution in [0.15, 0.2) is 67.1 Å². The molecule has 2 fully saturated rings. The summed E-state index contributed by atoms with van der Waals surface area (Å²) in [5.74, 6) is 1.56. The number of carbonyl (C=O) groups is 2. The number of rotatable bonds is 12. The smallest absolute Gasteiger partial charge is 0.213 e. The molecule has 0 saturated carbocycles. The summed E-state index contributed by atoms with van der Waals surface area (Å²) in [7, 11) is 3.46. The van der Waals surface area contributed by atoms with Gasteiger partial charge < -0.3 is 14.4 Å². The zero-order valence-electron chi connectivity index (χ0n) is 29.1. The second kappa shape index (κ2) is 14.1. The predicted molar refractivity (Wildman–Crippen MR) is 191 cm³/mol. The van der Waals surface area contributed by atoms with Crippen molar-refractivity contribution in [1.29, 1.82) is 0 Å². The van der Waals surface area contributed by atoms with Crippen LogP contribution in [-0.4, -0.2) is 98.0 Å². The van der Waals surface area contributed by atoms with E-state index in [1.165, 1.54) is 0 Å². The van der Waals surface area contributed by atoms with Crippen molar-refractivity contribution in [3.63, 3.8) is 0 Å². The van der Waals surface area contributed by atoms with Crippen molar-refractivity contribution in [1.82, 2.24) is 34.8 Å². The number of pyridine rings is 1. The molecule has 0 aliphatic carbocycles. The Morgan fingerprint density at radius 3 is 2.46 bits per heavy atom. The molecule has 2 aliphatic heterocycles. The third-order valence-electron chi connectivity index (χ3n) is 9.99. The molecule has 3 aromatic heterocycles. The Labute approximate surface area is 291 Å². The van der Waals surface area contributed by atoms with E-state index in [0.717, 1.165) is 64.9 Å². The molecule has 0 amide bonds. The fraction of sp³-hybridized carbons (Fsp3) is 0.421. The molecule has 50 heavy (non-hydrogen) atoms. The molecule has 0 unspecified atom stereocenters. The van der Waals surface area contributed by atoms with E-state index < -0.39 is 5.60 Å². The first-order chi connectivity index (χ1) is 24.2. The molecule has 1 atom stereocenters. The molecule has 2 saturated heterocycles. The number of carbonyl (C=O) groups excluding carboxylic acids is 2. The number of ketones is 2. The summed E-state index contributed by atoms with van der Waals surface area (Å²) >= 11 is 0. The molecule has 2 aliphatic rings. The number of ether oxygens (including phenoxy) is 2. The number of aromatic nitrogens is 6. The van der Waals surface area contributed by atoms with Crippen LogP contribution in [0.4, 0.5) is 5.69 Å². The van der Waals surface area contributed by atoms with Crippen molar-refractivity contribution in [3.05, 3.63) is 72.7 Å². The SMILES string of the molecule is CO[C@@]1(C(=O)Cc2ccc3[nH]nc(-c4ccc(OC(C)C)nc4)c3c2)CCN(CC(=O)C2CCN(c3ccc(-c4ncn(C)n4)cc3)CC2)C1. The molecule has 260 valence electrons. The van der Waals surface area contributed by atoms with Gasteiger partial charge in [-0.15, -0.1) is 0 Å². The zero-order valence-corrected chi connectivity index (χ0v) is 29.1. The fourth-order valence-electron chi connectivity index (χ4n) is 7.17. The maximum Gasteiger partial charge on any atom is 0.213 e. The number of H-pyrrole nitrogens is 1. The van der Waals surface area contributed by atoms with Crippen LogP contribution in [0.5, 0.6) is 5.88 Å². The third-order valence-corrected chi connectivity index (χ3v) is 9.99. The molecular weight excluding hydrogens is 632 g/mol. The summed E-state index contributed by atoms with van der Waals surface area (Å²) in [5, 5.41) is 12.9. The van der Waals surface area contributed by atoms with Crippen molar-refractivity contribution in [2.45, 2.75) is 51.2 Å². The lowest BCUT2D eigenvalue weighted by Crippen LogP contribution is -2.45. The number of aromatic amines is 1. The van der Waals surface area contributed by atoms with Crippen LogP contribution in [0.3, 0.4) is 0 Å². The minimum absolute atomic E-state index is 0.0153. The van der Waals surface area contributed by atoms with E-state index in [2.05, 4.69) is 47.2 Å². The first-order valence-electron chi connectivity index (χ1n) is 17.3. The highest BCUT2D eigenvalue weighted by Crippen LogP contribution is 2.32. The normalized spacial score (nSPS) is 18.7. The molecule has 5 heterocycles. The summed E-state index contributed by atoms with van der Waals surface area (Å²) in [4.78, 5) is 40.5. The Morgan fingerprint density at radius 1 is 1.00 bits per heavy atom. The molecule has 0 radical (unpaired) electrons. The number of methoxy groups -OCH3 is 1. The van der Waals surface area contributed by atoms with Gasteiger partial charge in [-0.3, -0.25) is 24.3 Å². The van der Waals surface area contributed by atoms with E-state index >= 15 is 0 Å². The lowest BCUT2D eigenvalue weighted by atomic mass is 9.91. The Hall–Kier alpha value is -4.94. The highest BCUT2D eigenvalue weighted by atomic mass is 16.5. The Kier molecular flexibility index (Phi) is 9.48. The molecule has 5 aromatic rings. The quantitative estimate of drug-likeness (QED) is 0.195. The molecule has 0 bridgehead atoms. The first kappa shape index (κ1) is 33.6. The summed E-state index contributed by atoms with van der Waals surface area (Å²) in [6, 6.07) is 18.0. The molecule has 7 rings (SSSR count). The van der Waals surface area contributed by atoms with E-state index in [4.69, 9.17) is 9.47 Å². The van der Waals surface area contributed by atoms with Crippen LogP contribution in [0.2, 0.25) is 0 Å². The van der Waals surface area contributed by atoms with Crippen molar-refractivity contribution >= 4 is 28.2 Å². The largest absolute Gasteiger partial charge is 0.475 e. The first-order valence-corrected chi connectivity index (χ1v) is 17.3. The minimum atomic E-state index is -0.940. The van der Waals surface area contributed by atoms with Gasteiger partial charge in [0.05, 0.1) is 18.2 Å². The molecule has 0 spiro atoms. The molecule has 12 heteroatoms. The van der Waals surface area contributed by atoms with Gasteiger partial charge in [0.15, 0.2) is 11.6 Å². The minimum Gasteiger partial charge on any atom is -0.475 e. The van der Waals surface area contributed by atoms with Gasteiger partial charge in [0.1, 0.15) is 23.4 Å². The van der Waals surface area contributed by atoms with Crippen molar-refractivity contribution in [2.75, 3.05) is 44.7 Å².